The van der Waals surface area contributed by atoms with Crippen molar-refractivity contribution >= 4 is 52.6 Å². The monoisotopic (exact) mass is 532 g/mol. The summed E-state index contributed by atoms with van der Waals surface area (Å²) in [4.78, 5) is 15.0. The molecule has 0 aliphatic carbocycles. The molecule has 2 aliphatic rings. The van der Waals surface area contributed by atoms with E-state index in [0.29, 0.717) is 29.6 Å². The SMILES string of the molecule is N#C/C(=C\c1sc(/C=C/c2ccc(N3c4ccccc4CCc4ccccc43)cc2)c2c1OCCO2)C(=O)O. The zero-order valence-electron chi connectivity index (χ0n) is 21.0. The predicted molar refractivity (Wildman–Crippen MR) is 154 cm³/mol. The van der Waals surface area contributed by atoms with Crippen molar-refractivity contribution in [2.45, 2.75) is 12.8 Å². The van der Waals surface area contributed by atoms with E-state index in [-0.39, 0.29) is 5.57 Å². The van der Waals surface area contributed by atoms with Crippen LogP contribution in [-0.4, -0.2) is 24.3 Å². The summed E-state index contributed by atoms with van der Waals surface area (Å²) < 4.78 is 11.6. The first kappa shape index (κ1) is 24.5. The average molecular weight is 533 g/mol. The van der Waals surface area contributed by atoms with Crippen molar-refractivity contribution in [1.82, 2.24) is 0 Å². The average Bonchev–Trinajstić information content (AvgIpc) is 3.23. The molecule has 39 heavy (non-hydrogen) atoms. The standard InChI is InChI=1S/C32H24N2O4S/c33-20-24(32(35)36)19-29-31-30(37-17-18-38-31)28(39-29)16-11-21-9-14-25(15-10-21)34-26-7-3-1-5-22(26)12-13-23-6-2-4-8-27(23)34/h1-11,14-16,19H,12-13,17-18H2,(H,35,36)/b16-11+,24-19+. The number of nitrogens with zero attached hydrogens (tertiary/aromatic N) is 2. The van der Waals surface area contributed by atoms with E-state index in [1.54, 1.807) is 6.07 Å². The number of fused-ring (bicyclic) bond motifs is 3. The van der Waals surface area contributed by atoms with Crippen molar-refractivity contribution in [3.05, 3.63) is 105 Å². The Kier molecular flexibility index (Phi) is 6.62. The van der Waals surface area contributed by atoms with Gasteiger partial charge in [-0.25, -0.2) is 4.79 Å². The Balaban J connectivity index is 1.32. The molecular weight excluding hydrogens is 508 g/mol. The molecule has 0 spiro atoms. The first-order chi connectivity index (χ1) is 19.1. The van der Waals surface area contributed by atoms with Crippen molar-refractivity contribution in [2.24, 2.45) is 0 Å². The van der Waals surface area contributed by atoms with Gasteiger partial charge >= 0.3 is 5.97 Å². The van der Waals surface area contributed by atoms with Crippen LogP contribution in [0, 0.1) is 11.3 Å². The number of carboxylic acids is 1. The molecule has 0 saturated carbocycles. The number of ether oxygens (including phenoxy) is 2. The van der Waals surface area contributed by atoms with Crippen LogP contribution in [0.4, 0.5) is 17.1 Å². The van der Waals surface area contributed by atoms with Crippen LogP contribution in [0.1, 0.15) is 26.4 Å². The number of hydrogen-bond acceptors (Lipinski definition) is 6. The van der Waals surface area contributed by atoms with Crippen molar-refractivity contribution in [2.75, 3.05) is 18.1 Å². The quantitative estimate of drug-likeness (QED) is 0.215. The fourth-order valence-electron chi connectivity index (χ4n) is 4.94. The topological polar surface area (TPSA) is 82.8 Å². The maximum Gasteiger partial charge on any atom is 0.346 e. The number of hydrogen-bond donors (Lipinski definition) is 1. The molecular formula is C32H24N2O4S. The van der Waals surface area contributed by atoms with Crippen LogP contribution < -0.4 is 14.4 Å². The normalized spacial score (nSPS) is 14.3. The molecule has 192 valence electrons. The van der Waals surface area contributed by atoms with Crippen molar-refractivity contribution in [3.8, 4) is 17.6 Å². The highest BCUT2D eigenvalue weighted by Gasteiger charge is 2.24. The van der Waals surface area contributed by atoms with Gasteiger partial charge in [0.15, 0.2) is 11.5 Å². The molecule has 1 aromatic heterocycles. The van der Waals surface area contributed by atoms with E-state index in [0.717, 1.165) is 29.0 Å². The summed E-state index contributed by atoms with van der Waals surface area (Å²) in [5.41, 5.74) is 6.80. The van der Waals surface area contributed by atoms with Crippen molar-refractivity contribution in [1.29, 1.82) is 5.26 Å². The minimum atomic E-state index is -1.27. The van der Waals surface area contributed by atoms with Gasteiger partial charge in [0.25, 0.3) is 0 Å². The lowest BCUT2D eigenvalue weighted by atomic mass is 10.0. The van der Waals surface area contributed by atoms with Crippen LogP contribution in [0.5, 0.6) is 11.5 Å². The van der Waals surface area contributed by atoms with Gasteiger partial charge in [0, 0.05) is 17.1 Å². The number of anilines is 3. The highest BCUT2D eigenvalue weighted by Crippen LogP contribution is 2.46. The molecule has 7 heteroatoms. The molecule has 1 N–H and O–H groups in total. The third kappa shape index (κ3) is 4.78. The van der Waals surface area contributed by atoms with E-state index in [1.165, 1.54) is 39.9 Å². The van der Waals surface area contributed by atoms with Gasteiger partial charge in [-0.3, -0.25) is 0 Å². The molecule has 0 fully saturated rings. The van der Waals surface area contributed by atoms with E-state index in [1.807, 2.05) is 12.2 Å². The first-order valence-electron chi connectivity index (χ1n) is 12.6. The number of carbonyl (C=O) groups is 1. The number of carboxylic acid groups (broad SMARTS) is 1. The molecule has 6 nitrogen and oxygen atoms in total. The Labute approximate surface area is 230 Å². The predicted octanol–water partition coefficient (Wildman–Crippen LogP) is 7.25. The molecule has 0 saturated heterocycles. The Bertz CT molecular complexity index is 1610. The zero-order chi connectivity index (χ0) is 26.8. The molecule has 3 aromatic carbocycles. The van der Waals surface area contributed by atoms with Crippen LogP contribution in [-0.2, 0) is 17.6 Å². The number of thiophene rings is 1. The third-order valence-electron chi connectivity index (χ3n) is 6.78. The van der Waals surface area contributed by atoms with Gasteiger partial charge in [0.1, 0.15) is 24.9 Å². The lowest BCUT2D eigenvalue weighted by Gasteiger charge is -2.27. The van der Waals surface area contributed by atoms with E-state index in [9.17, 15) is 15.2 Å². The number of para-hydroxylation sites is 2. The van der Waals surface area contributed by atoms with Crippen LogP contribution in [0.2, 0.25) is 0 Å². The maximum absolute atomic E-state index is 11.3. The van der Waals surface area contributed by atoms with E-state index < -0.39 is 5.97 Å². The fraction of sp³-hybridized carbons (Fsp3) is 0.125. The first-order valence-corrected chi connectivity index (χ1v) is 13.5. The summed E-state index contributed by atoms with van der Waals surface area (Å²) in [5.74, 6) is -0.220. The second kappa shape index (κ2) is 10.5. The van der Waals surface area contributed by atoms with Gasteiger partial charge < -0.3 is 19.5 Å². The van der Waals surface area contributed by atoms with Gasteiger partial charge in [-0.05, 0) is 65.9 Å². The minimum absolute atomic E-state index is 0.351. The maximum atomic E-state index is 11.3. The van der Waals surface area contributed by atoms with Crippen LogP contribution in [0.3, 0.4) is 0 Å². The highest BCUT2D eigenvalue weighted by molar-refractivity contribution is 7.14. The summed E-state index contributed by atoms with van der Waals surface area (Å²) in [6, 6.07) is 27.3. The minimum Gasteiger partial charge on any atom is -0.485 e. The Morgan fingerprint density at radius 3 is 2.03 bits per heavy atom. The van der Waals surface area contributed by atoms with Gasteiger partial charge in [0.05, 0.1) is 9.75 Å². The van der Waals surface area contributed by atoms with Gasteiger partial charge in [-0.1, -0.05) is 54.6 Å². The van der Waals surface area contributed by atoms with Gasteiger partial charge in [0.2, 0.25) is 0 Å². The lowest BCUT2D eigenvalue weighted by Crippen LogP contribution is -2.15. The summed E-state index contributed by atoms with van der Waals surface area (Å²) in [5, 5.41) is 18.4. The Morgan fingerprint density at radius 2 is 1.44 bits per heavy atom. The van der Waals surface area contributed by atoms with Gasteiger partial charge in [-0.2, -0.15) is 5.26 Å². The number of aliphatic carboxylic acids is 1. The second-order valence-corrected chi connectivity index (χ2v) is 10.3. The zero-order valence-corrected chi connectivity index (χ0v) is 21.8. The van der Waals surface area contributed by atoms with E-state index in [4.69, 9.17) is 9.47 Å². The fourth-order valence-corrected chi connectivity index (χ4v) is 5.98. The molecule has 6 rings (SSSR count). The molecule has 0 bridgehead atoms. The molecule has 0 unspecified atom stereocenters. The highest BCUT2D eigenvalue weighted by atomic mass is 32.1. The lowest BCUT2D eigenvalue weighted by molar-refractivity contribution is -0.132. The second-order valence-electron chi connectivity index (χ2n) is 9.18. The Morgan fingerprint density at radius 1 is 0.846 bits per heavy atom. The molecule has 3 heterocycles. The van der Waals surface area contributed by atoms with E-state index >= 15 is 0 Å². The number of rotatable bonds is 5. The number of aryl methyl sites for hydroxylation is 2. The molecule has 0 amide bonds. The van der Waals surface area contributed by atoms with Crippen LogP contribution in [0.15, 0.2) is 78.4 Å². The summed E-state index contributed by atoms with van der Waals surface area (Å²) in [6.45, 7) is 0.776. The molecule has 0 atom stereocenters. The molecule has 0 radical (unpaired) electrons. The molecule has 2 aliphatic heterocycles. The third-order valence-corrected chi connectivity index (χ3v) is 7.85. The van der Waals surface area contributed by atoms with Crippen LogP contribution >= 0.6 is 11.3 Å². The van der Waals surface area contributed by atoms with Gasteiger partial charge in [-0.15, -0.1) is 11.3 Å². The van der Waals surface area contributed by atoms with E-state index in [2.05, 4.69) is 77.7 Å². The summed E-state index contributed by atoms with van der Waals surface area (Å²) in [7, 11) is 0. The summed E-state index contributed by atoms with van der Waals surface area (Å²) in [6.07, 6.45) is 7.27. The van der Waals surface area contributed by atoms with Crippen molar-refractivity contribution in [3.63, 3.8) is 0 Å². The Hall–Kier alpha value is -4.80. The number of benzene rings is 3. The molecule has 4 aromatic rings. The largest absolute Gasteiger partial charge is 0.485 e. The van der Waals surface area contributed by atoms with Crippen molar-refractivity contribution < 1.29 is 19.4 Å². The van der Waals surface area contributed by atoms with Crippen LogP contribution in [0.25, 0.3) is 18.2 Å². The smallest absolute Gasteiger partial charge is 0.346 e. The number of nitriles is 1. The summed E-state index contributed by atoms with van der Waals surface area (Å²) >= 11 is 1.33.